The lowest BCUT2D eigenvalue weighted by Crippen LogP contribution is -2.23. The van der Waals surface area contributed by atoms with Crippen LogP contribution in [0.1, 0.15) is 37.5 Å². The molecule has 0 unspecified atom stereocenters. The summed E-state index contributed by atoms with van der Waals surface area (Å²) in [7, 11) is 0. The number of benzene rings is 3. The second kappa shape index (κ2) is 10.9. The van der Waals surface area contributed by atoms with Gasteiger partial charge in [-0.25, -0.2) is 11.4 Å². The third kappa shape index (κ3) is 6.61. The minimum atomic E-state index is -0.140. The van der Waals surface area contributed by atoms with Gasteiger partial charge in [-0.3, -0.25) is 4.79 Å². The summed E-state index contributed by atoms with van der Waals surface area (Å²) in [6, 6.07) is 22.7. The van der Waals surface area contributed by atoms with Crippen LogP contribution in [-0.4, -0.2) is 16.5 Å². The highest BCUT2D eigenvalue weighted by atomic mass is 32.2. The summed E-state index contributed by atoms with van der Waals surface area (Å²) < 4.78 is -0.0457. The Morgan fingerprint density at radius 1 is 1.09 bits per heavy atom. The van der Waals surface area contributed by atoms with Gasteiger partial charge in [0.25, 0.3) is 0 Å². The highest BCUT2D eigenvalue weighted by molar-refractivity contribution is 8.00. The predicted octanol–water partition coefficient (Wildman–Crippen LogP) is 4.38. The summed E-state index contributed by atoms with van der Waals surface area (Å²) in [6.07, 6.45) is 0.202. The Morgan fingerprint density at radius 3 is 2.44 bits per heavy atom. The molecule has 0 aromatic heterocycles. The van der Waals surface area contributed by atoms with Crippen LogP contribution in [0.4, 0.5) is 5.69 Å². The van der Waals surface area contributed by atoms with Gasteiger partial charge in [0.15, 0.2) is 5.84 Å². The summed E-state index contributed by atoms with van der Waals surface area (Å²) >= 11 is 1.68. The number of nitrogens with two attached hydrogens (primary N) is 2. The maximum Gasteiger partial charge on any atom is 0.228 e. The molecule has 34 heavy (non-hydrogen) atoms. The average molecular weight is 473 g/mol. The first-order chi connectivity index (χ1) is 16.2. The second-order valence-electron chi connectivity index (χ2n) is 8.63. The van der Waals surface area contributed by atoms with E-state index in [1.807, 2.05) is 42.5 Å². The molecule has 0 heterocycles. The van der Waals surface area contributed by atoms with Crippen molar-refractivity contribution in [2.45, 2.75) is 36.8 Å². The van der Waals surface area contributed by atoms with Gasteiger partial charge < -0.3 is 11.1 Å². The molecule has 7 nitrogen and oxygen atoms in total. The normalized spacial score (nSPS) is 11.6. The monoisotopic (exact) mass is 472 g/mol. The van der Waals surface area contributed by atoms with Crippen LogP contribution < -0.4 is 22.4 Å². The predicted molar refractivity (Wildman–Crippen MR) is 139 cm³/mol. The van der Waals surface area contributed by atoms with Crippen molar-refractivity contribution in [1.82, 2.24) is 5.53 Å². The van der Waals surface area contributed by atoms with Gasteiger partial charge in [-0.2, -0.15) is 5.26 Å². The summed E-state index contributed by atoms with van der Waals surface area (Å²) in [5.41, 5.74) is 12.9. The number of amides is 1. The highest BCUT2D eigenvalue weighted by Gasteiger charge is 2.18. The summed E-state index contributed by atoms with van der Waals surface area (Å²) in [5, 5.41) is 16.0. The maximum atomic E-state index is 12.9. The Bertz CT molecular complexity index is 1240. The number of thioether (sulfide) groups is 1. The standard InChI is InChI=1S/C26H28N6OS/c1-26(2,3)34-23-13-12-19(20-6-4-5-7-21(20)25(28)31-32-29)15-22(23)30-24(33)14-17-8-10-18(16-27)11-9-17/h4-13,15,32H,14,29H2,1-3H3,(H2,28,31)(H,30,33). The molecule has 0 saturated heterocycles. The zero-order valence-corrected chi connectivity index (χ0v) is 20.2. The number of amidine groups is 1. The fraction of sp³-hybridized carbons (Fsp3) is 0.192. The number of nitrogens with zero attached hydrogens (tertiary/aromatic N) is 2. The molecule has 0 fully saturated rings. The van der Waals surface area contributed by atoms with E-state index in [0.717, 1.165) is 32.8 Å². The molecule has 0 aliphatic heterocycles. The van der Waals surface area contributed by atoms with Gasteiger partial charge in [0.1, 0.15) is 0 Å². The minimum absolute atomic E-state index is 0.0457. The lowest BCUT2D eigenvalue weighted by Gasteiger charge is -2.21. The molecular weight excluding hydrogens is 444 g/mol. The maximum absolute atomic E-state index is 12.9. The molecule has 3 aromatic carbocycles. The lowest BCUT2D eigenvalue weighted by atomic mass is 9.98. The van der Waals surface area contributed by atoms with Crippen molar-refractivity contribution in [1.29, 1.82) is 5.26 Å². The first-order valence-corrected chi connectivity index (χ1v) is 11.5. The van der Waals surface area contributed by atoms with Crippen molar-refractivity contribution < 1.29 is 4.79 Å². The van der Waals surface area contributed by atoms with Crippen molar-refractivity contribution in [3.63, 3.8) is 0 Å². The highest BCUT2D eigenvalue weighted by Crippen LogP contribution is 2.39. The Balaban J connectivity index is 1.96. The van der Waals surface area contributed by atoms with E-state index in [0.29, 0.717) is 5.56 Å². The van der Waals surface area contributed by atoms with Crippen LogP contribution in [0.3, 0.4) is 0 Å². The Kier molecular flexibility index (Phi) is 7.95. The molecule has 0 aliphatic carbocycles. The quantitative estimate of drug-likeness (QED) is 0.133. The lowest BCUT2D eigenvalue weighted by molar-refractivity contribution is -0.115. The molecular formula is C26H28N6OS. The number of carbonyl (C=O) groups excluding carboxylic acids is 1. The number of carbonyl (C=O) groups is 1. The fourth-order valence-electron chi connectivity index (χ4n) is 3.38. The van der Waals surface area contributed by atoms with Crippen LogP contribution in [0.5, 0.6) is 0 Å². The van der Waals surface area contributed by atoms with Crippen LogP contribution in [0.25, 0.3) is 11.1 Å². The number of hydrogen-bond acceptors (Lipinski definition) is 6. The van der Waals surface area contributed by atoms with Gasteiger partial charge in [-0.05, 0) is 41.0 Å². The van der Waals surface area contributed by atoms with E-state index in [4.69, 9.17) is 16.8 Å². The first kappa shape index (κ1) is 24.8. The number of anilines is 1. The van der Waals surface area contributed by atoms with Crippen molar-refractivity contribution in [2.24, 2.45) is 16.7 Å². The molecule has 8 heteroatoms. The largest absolute Gasteiger partial charge is 0.382 e. The van der Waals surface area contributed by atoms with E-state index in [-0.39, 0.29) is 22.9 Å². The average Bonchev–Trinajstić information content (AvgIpc) is 2.80. The van der Waals surface area contributed by atoms with E-state index < -0.39 is 0 Å². The van der Waals surface area contributed by atoms with Crippen molar-refractivity contribution in [2.75, 3.05) is 5.32 Å². The zero-order valence-electron chi connectivity index (χ0n) is 19.4. The third-order valence-electron chi connectivity index (χ3n) is 4.82. The molecule has 1 amide bonds. The van der Waals surface area contributed by atoms with Crippen LogP contribution in [0.2, 0.25) is 0 Å². The third-order valence-corrected chi connectivity index (χ3v) is 6.00. The van der Waals surface area contributed by atoms with Gasteiger partial charge in [-0.1, -0.05) is 63.2 Å². The SMILES string of the molecule is CC(C)(C)Sc1ccc(-c2ccccc2/C(N)=N/NN)cc1NC(=O)Cc1ccc(C#N)cc1. The van der Waals surface area contributed by atoms with Gasteiger partial charge in [-0.15, -0.1) is 16.9 Å². The van der Waals surface area contributed by atoms with E-state index >= 15 is 0 Å². The minimum Gasteiger partial charge on any atom is -0.382 e. The fourth-order valence-corrected chi connectivity index (χ4v) is 4.39. The van der Waals surface area contributed by atoms with E-state index in [1.165, 1.54) is 0 Å². The number of hydrogen-bond donors (Lipinski definition) is 4. The molecule has 6 N–H and O–H groups in total. The van der Waals surface area contributed by atoms with Crippen LogP contribution in [-0.2, 0) is 11.2 Å². The number of hydrazone groups is 1. The molecule has 3 aromatic rings. The molecule has 0 bridgehead atoms. The molecule has 174 valence electrons. The van der Waals surface area contributed by atoms with E-state index in [9.17, 15) is 4.79 Å². The van der Waals surface area contributed by atoms with Gasteiger partial charge in [0.2, 0.25) is 5.91 Å². The van der Waals surface area contributed by atoms with Gasteiger partial charge >= 0.3 is 0 Å². The van der Waals surface area contributed by atoms with Crippen LogP contribution >= 0.6 is 11.8 Å². The summed E-state index contributed by atoms with van der Waals surface area (Å²) in [6.45, 7) is 6.38. The zero-order chi connectivity index (χ0) is 24.7. The van der Waals surface area contributed by atoms with Crippen LogP contribution in [0.15, 0.2) is 76.7 Å². The molecule has 3 rings (SSSR count). The van der Waals surface area contributed by atoms with E-state index in [2.05, 4.69) is 42.8 Å². The topological polar surface area (TPSA) is 129 Å². The summed E-state index contributed by atoms with van der Waals surface area (Å²) in [5.74, 6) is 5.43. The van der Waals surface area contributed by atoms with Crippen molar-refractivity contribution in [3.8, 4) is 17.2 Å². The number of nitrogens with one attached hydrogen (secondary N) is 2. The molecule has 0 spiro atoms. The van der Waals surface area contributed by atoms with E-state index in [1.54, 1.807) is 36.0 Å². The number of rotatable bonds is 7. The smallest absolute Gasteiger partial charge is 0.228 e. The second-order valence-corrected chi connectivity index (χ2v) is 10.5. The van der Waals surface area contributed by atoms with Gasteiger partial charge in [0, 0.05) is 15.2 Å². The number of hydrazine groups is 1. The first-order valence-electron chi connectivity index (χ1n) is 10.7. The van der Waals surface area contributed by atoms with Crippen molar-refractivity contribution in [3.05, 3.63) is 83.4 Å². The molecule has 0 saturated carbocycles. The molecule has 0 atom stereocenters. The van der Waals surface area contributed by atoms with Crippen LogP contribution in [0, 0.1) is 11.3 Å². The molecule has 0 aliphatic rings. The Hall–Kier alpha value is -3.80. The Labute approximate surface area is 204 Å². The Morgan fingerprint density at radius 2 is 1.79 bits per heavy atom. The molecule has 0 radical (unpaired) electrons. The van der Waals surface area contributed by atoms with Gasteiger partial charge in [0.05, 0.1) is 23.7 Å². The van der Waals surface area contributed by atoms with Crippen molar-refractivity contribution >= 4 is 29.2 Å². The number of nitriles is 1. The summed E-state index contributed by atoms with van der Waals surface area (Å²) in [4.78, 5) is 13.9.